The van der Waals surface area contributed by atoms with Gasteiger partial charge in [0.1, 0.15) is 0 Å². The lowest BCUT2D eigenvalue weighted by Gasteiger charge is -2.35. The number of hydrazine groups is 1. The van der Waals surface area contributed by atoms with Crippen LogP contribution in [0.25, 0.3) is 0 Å². The average molecular weight is 188 g/mol. The first-order valence-corrected chi connectivity index (χ1v) is 4.74. The summed E-state index contributed by atoms with van der Waals surface area (Å²) in [6.45, 7) is 10.7. The number of hydrogen-bond acceptors (Lipinski definition) is 3. The molecule has 13 heavy (non-hydrogen) atoms. The molecule has 0 bridgehead atoms. The monoisotopic (exact) mass is 188 g/mol. The Morgan fingerprint density at radius 1 is 1.23 bits per heavy atom. The van der Waals surface area contributed by atoms with E-state index in [1.165, 1.54) is 0 Å². The molecule has 0 saturated carbocycles. The van der Waals surface area contributed by atoms with Gasteiger partial charge in [-0.25, -0.2) is 0 Å². The average Bonchev–Trinajstić information content (AvgIpc) is 1.98. The van der Waals surface area contributed by atoms with Crippen molar-refractivity contribution < 1.29 is 4.74 Å². The van der Waals surface area contributed by atoms with Crippen LogP contribution in [0.4, 0.5) is 0 Å². The Hall–Kier alpha value is -0.120. The van der Waals surface area contributed by atoms with Gasteiger partial charge >= 0.3 is 0 Å². The van der Waals surface area contributed by atoms with E-state index in [1.807, 2.05) is 0 Å². The Morgan fingerprint density at radius 3 is 1.92 bits per heavy atom. The Kier molecular flexibility index (Phi) is 4.36. The van der Waals surface area contributed by atoms with Gasteiger partial charge in [-0.1, -0.05) is 20.8 Å². The van der Waals surface area contributed by atoms with Crippen LogP contribution < -0.4 is 11.3 Å². The number of ether oxygens (including phenoxy) is 1. The summed E-state index contributed by atoms with van der Waals surface area (Å²) in [6.07, 6.45) is 0.906. The topological polar surface area (TPSA) is 47.3 Å². The summed E-state index contributed by atoms with van der Waals surface area (Å²) in [5.74, 6) is 5.52. The Bertz CT molecular complexity index is 149. The van der Waals surface area contributed by atoms with Crippen LogP contribution in [-0.4, -0.2) is 18.8 Å². The molecule has 1 unspecified atom stereocenters. The minimum Gasteiger partial charge on any atom is -0.379 e. The van der Waals surface area contributed by atoms with Gasteiger partial charge in [-0.15, -0.1) is 0 Å². The lowest BCUT2D eigenvalue weighted by molar-refractivity contribution is -0.00415. The second-order valence-electron chi connectivity index (χ2n) is 5.25. The van der Waals surface area contributed by atoms with E-state index in [0.717, 1.165) is 6.42 Å². The van der Waals surface area contributed by atoms with E-state index in [4.69, 9.17) is 10.6 Å². The van der Waals surface area contributed by atoms with Gasteiger partial charge < -0.3 is 4.74 Å². The van der Waals surface area contributed by atoms with E-state index in [1.54, 1.807) is 7.11 Å². The van der Waals surface area contributed by atoms with Gasteiger partial charge in [-0.05, 0) is 25.7 Å². The van der Waals surface area contributed by atoms with E-state index < -0.39 is 0 Å². The van der Waals surface area contributed by atoms with E-state index in [0.29, 0.717) is 0 Å². The quantitative estimate of drug-likeness (QED) is 0.521. The van der Waals surface area contributed by atoms with Crippen molar-refractivity contribution in [3.63, 3.8) is 0 Å². The third-order valence-electron chi connectivity index (χ3n) is 2.49. The molecule has 0 aliphatic carbocycles. The molecule has 3 heteroatoms. The molecule has 0 aromatic carbocycles. The summed E-state index contributed by atoms with van der Waals surface area (Å²) in [5, 5.41) is 0. The first-order chi connectivity index (χ1) is 5.73. The van der Waals surface area contributed by atoms with E-state index >= 15 is 0 Å². The lowest BCUT2D eigenvalue weighted by atomic mass is 9.81. The fourth-order valence-electron chi connectivity index (χ4n) is 1.19. The van der Waals surface area contributed by atoms with Crippen molar-refractivity contribution in [3.8, 4) is 0 Å². The molecule has 0 aromatic heterocycles. The predicted molar refractivity (Wildman–Crippen MR) is 56.3 cm³/mol. The van der Waals surface area contributed by atoms with Crippen molar-refractivity contribution in [3.05, 3.63) is 0 Å². The van der Waals surface area contributed by atoms with Crippen LogP contribution in [0, 0.1) is 5.41 Å². The second kappa shape index (κ2) is 4.40. The van der Waals surface area contributed by atoms with Crippen molar-refractivity contribution in [2.45, 2.75) is 52.7 Å². The van der Waals surface area contributed by atoms with Crippen LogP contribution in [0.15, 0.2) is 0 Å². The summed E-state index contributed by atoms with van der Waals surface area (Å²) in [5.41, 5.74) is 2.89. The van der Waals surface area contributed by atoms with Gasteiger partial charge in [0, 0.05) is 13.2 Å². The second-order valence-corrected chi connectivity index (χ2v) is 5.25. The summed E-state index contributed by atoms with van der Waals surface area (Å²) < 4.78 is 5.37. The summed E-state index contributed by atoms with van der Waals surface area (Å²) >= 11 is 0. The third-order valence-corrected chi connectivity index (χ3v) is 2.49. The van der Waals surface area contributed by atoms with Gasteiger partial charge in [0.2, 0.25) is 0 Å². The number of methoxy groups -OCH3 is 1. The normalized spacial score (nSPS) is 15.9. The molecule has 0 spiro atoms. The van der Waals surface area contributed by atoms with Crippen LogP contribution in [0.1, 0.15) is 41.0 Å². The largest absolute Gasteiger partial charge is 0.379 e. The van der Waals surface area contributed by atoms with Gasteiger partial charge in [0.05, 0.1) is 5.60 Å². The van der Waals surface area contributed by atoms with Crippen molar-refractivity contribution in [1.29, 1.82) is 0 Å². The van der Waals surface area contributed by atoms with Crippen molar-refractivity contribution in [2.75, 3.05) is 7.11 Å². The van der Waals surface area contributed by atoms with Gasteiger partial charge in [0.25, 0.3) is 0 Å². The van der Waals surface area contributed by atoms with Crippen LogP contribution in [-0.2, 0) is 4.74 Å². The maximum Gasteiger partial charge on any atom is 0.0638 e. The Morgan fingerprint density at radius 2 is 1.69 bits per heavy atom. The molecular formula is C10H24N2O. The molecule has 0 aliphatic rings. The smallest absolute Gasteiger partial charge is 0.0638 e. The van der Waals surface area contributed by atoms with Crippen molar-refractivity contribution in [2.24, 2.45) is 11.3 Å². The standard InChI is InChI=1S/C10H24N2O/c1-9(2,3)8(12-11)7-10(4,5)13-6/h8,12H,7,11H2,1-6H3. The molecule has 0 aliphatic heterocycles. The van der Waals surface area contributed by atoms with E-state index in [2.05, 4.69) is 40.0 Å². The number of rotatable bonds is 4. The highest BCUT2D eigenvalue weighted by atomic mass is 16.5. The van der Waals surface area contributed by atoms with Crippen LogP contribution in [0.3, 0.4) is 0 Å². The fourth-order valence-corrected chi connectivity index (χ4v) is 1.19. The number of hydrogen-bond donors (Lipinski definition) is 2. The fraction of sp³-hybridized carbons (Fsp3) is 1.00. The van der Waals surface area contributed by atoms with Gasteiger partial charge in [-0.2, -0.15) is 0 Å². The summed E-state index contributed by atoms with van der Waals surface area (Å²) in [4.78, 5) is 0. The molecule has 0 heterocycles. The van der Waals surface area contributed by atoms with E-state index in [9.17, 15) is 0 Å². The summed E-state index contributed by atoms with van der Waals surface area (Å²) in [7, 11) is 1.73. The van der Waals surface area contributed by atoms with Crippen LogP contribution >= 0.6 is 0 Å². The van der Waals surface area contributed by atoms with Crippen molar-refractivity contribution in [1.82, 2.24) is 5.43 Å². The first kappa shape index (κ1) is 12.9. The van der Waals surface area contributed by atoms with Crippen molar-refractivity contribution >= 4 is 0 Å². The maximum atomic E-state index is 5.52. The molecule has 3 nitrogen and oxygen atoms in total. The molecule has 80 valence electrons. The molecule has 0 radical (unpaired) electrons. The molecule has 0 amide bonds. The van der Waals surface area contributed by atoms with Crippen LogP contribution in [0.5, 0.6) is 0 Å². The minimum atomic E-state index is -0.121. The Balaban J connectivity index is 4.30. The zero-order chi connectivity index (χ0) is 10.7. The molecule has 0 saturated heterocycles. The SMILES string of the molecule is COC(C)(C)CC(NN)C(C)(C)C. The Labute approximate surface area is 82.0 Å². The molecule has 1 atom stereocenters. The molecular weight excluding hydrogens is 164 g/mol. The first-order valence-electron chi connectivity index (χ1n) is 4.74. The number of nitrogens with two attached hydrogens (primary N) is 1. The van der Waals surface area contributed by atoms with Crippen LogP contribution in [0.2, 0.25) is 0 Å². The summed E-state index contributed by atoms with van der Waals surface area (Å²) in [6, 6.07) is 0.266. The highest BCUT2D eigenvalue weighted by Crippen LogP contribution is 2.27. The lowest BCUT2D eigenvalue weighted by Crippen LogP contribution is -2.48. The molecule has 0 fully saturated rings. The van der Waals surface area contributed by atoms with E-state index in [-0.39, 0.29) is 17.1 Å². The zero-order valence-electron chi connectivity index (χ0n) is 9.77. The molecule has 0 aromatic rings. The third kappa shape index (κ3) is 4.60. The highest BCUT2D eigenvalue weighted by Gasteiger charge is 2.30. The number of nitrogens with one attached hydrogen (secondary N) is 1. The zero-order valence-corrected chi connectivity index (χ0v) is 9.77. The van der Waals surface area contributed by atoms with Gasteiger partial charge in [0.15, 0.2) is 0 Å². The maximum absolute atomic E-state index is 5.52. The highest BCUT2D eigenvalue weighted by molar-refractivity contribution is 4.85. The molecule has 3 N–H and O–H groups in total. The minimum absolute atomic E-state index is 0.121. The van der Waals surface area contributed by atoms with Gasteiger partial charge in [-0.3, -0.25) is 11.3 Å². The predicted octanol–water partition coefficient (Wildman–Crippen LogP) is 1.68. The molecule has 0 rings (SSSR count).